The van der Waals surface area contributed by atoms with E-state index in [-0.39, 0.29) is 24.5 Å². The van der Waals surface area contributed by atoms with Crippen LogP contribution in [0.4, 0.5) is 10.5 Å². The molecule has 2 rings (SSSR count). The Morgan fingerprint density at radius 2 is 1.73 bits per heavy atom. The highest BCUT2D eigenvalue weighted by atomic mass is 16.6. The van der Waals surface area contributed by atoms with E-state index in [1.54, 1.807) is 4.90 Å². The van der Waals surface area contributed by atoms with Crippen LogP contribution in [0.5, 0.6) is 0 Å². The smallest absolute Gasteiger partial charge is 0.410 e. The van der Waals surface area contributed by atoms with Crippen molar-refractivity contribution in [3.05, 3.63) is 29.8 Å². The molecule has 1 aromatic carbocycles. The second-order valence-corrected chi connectivity index (χ2v) is 8.83. The highest BCUT2D eigenvalue weighted by Gasteiger charge is 2.30. The number of piperidine rings is 1. The van der Waals surface area contributed by atoms with E-state index in [1.807, 2.05) is 45.0 Å². The summed E-state index contributed by atoms with van der Waals surface area (Å²) in [5, 5.41) is 2.74. The van der Waals surface area contributed by atoms with Crippen molar-refractivity contribution >= 4 is 23.7 Å². The molecule has 1 aliphatic heterocycles. The first kappa shape index (κ1) is 23.7. The Bertz CT molecular complexity index is 731. The SMILES string of the molecule is CC[C@H](C)c1ccc(NC(=O)COC(=O)C2CCN(C(=O)OC(C)(C)C)CC2)cc1. The van der Waals surface area contributed by atoms with Gasteiger partial charge < -0.3 is 19.7 Å². The maximum absolute atomic E-state index is 12.3. The van der Waals surface area contributed by atoms with Gasteiger partial charge in [0.15, 0.2) is 6.61 Å². The fourth-order valence-corrected chi connectivity index (χ4v) is 3.21. The van der Waals surface area contributed by atoms with Gasteiger partial charge in [-0.2, -0.15) is 0 Å². The first-order valence-corrected chi connectivity index (χ1v) is 10.6. The molecule has 1 aromatic rings. The molecule has 0 spiro atoms. The number of carbonyl (C=O) groups excluding carboxylic acids is 3. The molecule has 30 heavy (non-hydrogen) atoms. The molecule has 0 aromatic heterocycles. The van der Waals surface area contributed by atoms with E-state index in [1.165, 1.54) is 5.56 Å². The number of hydrogen-bond acceptors (Lipinski definition) is 5. The molecule has 1 atom stereocenters. The standard InChI is InChI=1S/C23H34N2O5/c1-6-16(2)17-7-9-19(10-8-17)24-20(26)15-29-21(27)18-11-13-25(14-12-18)22(28)30-23(3,4)5/h7-10,16,18H,6,11-15H2,1-5H3,(H,24,26)/t16-/m0/s1. The van der Waals surface area contributed by atoms with Crippen LogP contribution in [0.3, 0.4) is 0 Å². The predicted octanol–water partition coefficient (Wildman–Crippen LogP) is 4.33. The normalized spacial score (nSPS) is 16.0. The molecular weight excluding hydrogens is 384 g/mol. The van der Waals surface area contributed by atoms with Gasteiger partial charge in [-0.3, -0.25) is 9.59 Å². The lowest BCUT2D eigenvalue weighted by molar-refractivity contribution is -0.153. The van der Waals surface area contributed by atoms with Gasteiger partial charge in [-0.25, -0.2) is 4.79 Å². The summed E-state index contributed by atoms with van der Waals surface area (Å²) >= 11 is 0. The predicted molar refractivity (Wildman–Crippen MR) is 115 cm³/mol. The average Bonchev–Trinajstić information content (AvgIpc) is 2.71. The second kappa shape index (κ2) is 10.5. The van der Waals surface area contributed by atoms with Gasteiger partial charge in [0.2, 0.25) is 0 Å². The summed E-state index contributed by atoms with van der Waals surface area (Å²) in [7, 11) is 0. The number of hydrogen-bond donors (Lipinski definition) is 1. The van der Waals surface area contributed by atoms with Crippen molar-refractivity contribution in [3.8, 4) is 0 Å². The van der Waals surface area contributed by atoms with E-state index in [2.05, 4.69) is 19.2 Å². The molecule has 1 heterocycles. The highest BCUT2D eigenvalue weighted by molar-refractivity contribution is 5.92. The largest absolute Gasteiger partial charge is 0.455 e. The summed E-state index contributed by atoms with van der Waals surface area (Å²) in [6.07, 6.45) is 1.68. The minimum absolute atomic E-state index is 0.314. The minimum Gasteiger partial charge on any atom is -0.455 e. The zero-order chi connectivity index (χ0) is 22.3. The van der Waals surface area contributed by atoms with Gasteiger partial charge in [-0.05, 0) is 63.6 Å². The fourth-order valence-electron chi connectivity index (χ4n) is 3.21. The lowest BCUT2D eigenvalue weighted by Crippen LogP contribution is -2.43. The van der Waals surface area contributed by atoms with Crippen LogP contribution in [0.1, 0.15) is 65.4 Å². The zero-order valence-corrected chi connectivity index (χ0v) is 18.7. The molecule has 166 valence electrons. The molecule has 2 amide bonds. The maximum atomic E-state index is 12.3. The maximum Gasteiger partial charge on any atom is 0.410 e. The molecule has 0 bridgehead atoms. The van der Waals surface area contributed by atoms with E-state index in [4.69, 9.17) is 9.47 Å². The molecule has 1 aliphatic rings. The van der Waals surface area contributed by atoms with E-state index < -0.39 is 11.6 Å². The third kappa shape index (κ3) is 7.35. The topological polar surface area (TPSA) is 84.9 Å². The van der Waals surface area contributed by atoms with Crippen LogP contribution >= 0.6 is 0 Å². The average molecular weight is 419 g/mol. The Hall–Kier alpha value is -2.57. The van der Waals surface area contributed by atoms with Crippen LogP contribution in [0.2, 0.25) is 0 Å². The second-order valence-electron chi connectivity index (χ2n) is 8.83. The summed E-state index contributed by atoms with van der Waals surface area (Å²) < 4.78 is 10.5. The molecule has 0 unspecified atom stereocenters. The van der Waals surface area contributed by atoms with E-state index in [9.17, 15) is 14.4 Å². The van der Waals surface area contributed by atoms with E-state index in [0.717, 1.165) is 6.42 Å². The van der Waals surface area contributed by atoms with Crippen molar-refractivity contribution in [2.24, 2.45) is 5.92 Å². The van der Waals surface area contributed by atoms with Crippen molar-refractivity contribution < 1.29 is 23.9 Å². The van der Waals surface area contributed by atoms with Gasteiger partial charge in [-0.1, -0.05) is 26.0 Å². The van der Waals surface area contributed by atoms with Crippen LogP contribution in [0.15, 0.2) is 24.3 Å². The molecular formula is C23H34N2O5. The molecule has 0 aliphatic carbocycles. The number of amides is 2. The third-order valence-corrected chi connectivity index (χ3v) is 5.20. The Morgan fingerprint density at radius 1 is 1.13 bits per heavy atom. The van der Waals surface area contributed by atoms with Crippen LogP contribution < -0.4 is 5.32 Å². The Kier molecular flexibility index (Phi) is 8.26. The van der Waals surface area contributed by atoms with E-state index in [0.29, 0.717) is 37.5 Å². The summed E-state index contributed by atoms with van der Waals surface area (Å²) in [5.41, 5.74) is 1.35. The van der Waals surface area contributed by atoms with Gasteiger partial charge >= 0.3 is 12.1 Å². The van der Waals surface area contributed by atoms with Crippen molar-refractivity contribution in [1.82, 2.24) is 4.90 Å². The number of ether oxygens (including phenoxy) is 2. The van der Waals surface area contributed by atoms with Crippen LogP contribution in [0, 0.1) is 5.92 Å². The van der Waals surface area contributed by atoms with Crippen molar-refractivity contribution in [2.45, 2.75) is 65.4 Å². The summed E-state index contributed by atoms with van der Waals surface area (Å²) in [6.45, 7) is 10.3. The van der Waals surface area contributed by atoms with Crippen molar-refractivity contribution in [1.29, 1.82) is 0 Å². The first-order chi connectivity index (χ1) is 14.1. The molecule has 7 heteroatoms. The number of anilines is 1. The number of benzene rings is 1. The lowest BCUT2D eigenvalue weighted by Gasteiger charge is -2.32. The number of nitrogens with one attached hydrogen (secondary N) is 1. The molecule has 1 saturated heterocycles. The number of likely N-dealkylation sites (tertiary alicyclic amines) is 1. The Morgan fingerprint density at radius 3 is 2.27 bits per heavy atom. The summed E-state index contributed by atoms with van der Waals surface area (Å²) in [5.74, 6) is -0.615. The van der Waals surface area contributed by atoms with Gasteiger partial charge in [0, 0.05) is 18.8 Å². The molecule has 7 nitrogen and oxygen atoms in total. The van der Waals surface area contributed by atoms with Crippen molar-refractivity contribution in [2.75, 3.05) is 25.0 Å². The summed E-state index contributed by atoms with van der Waals surface area (Å²) in [4.78, 5) is 38.1. The quantitative estimate of drug-likeness (QED) is 0.695. The van der Waals surface area contributed by atoms with Crippen molar-refractivity contribution in [3.63, 3.8) is 0 Å². The summed E-state index contributed by atoms with van der Waals surface area (Å²) in [6, 6.07) is 7.70. The van der Waals surface area contributed by atoms with Crippen LogP contribution in [0.25, 0.3) is 0 Å². The van der Waals surface area contributed by atoms with Gasteiger partial charge in [0.1, 0.15) is 5.60 Å². The third-order valence-electron chi connectivity index (χ3n) is 5.20. The highest BCUT2D eigenvalue weighted by Crippen LogP contribution is 2.22. The van der Waals surface area contributed by atoms with Gasteiger partial charge in [-0.15, -0.1) is 0 Å². The molecule has 1 fully saturated rings. The Balaban J connectivity index is 1.73. The fraction of sp³-hybridized carbons (Fsp3) is 0.609. The zero-order valence-electron chi connectivity index (χ0n) is 18.7. The number of rotatable bonds is 6. The molecule has 1 N–H and O–H groups in total. The number of carbonyl (C=O) groups is 3. The monoisotopic (exact) mass is 418 g/mol. The number of esters is 1. The molecule has 0 radical (unpaired) electrons. The lowest BCUT2D eigenvalue weighted by atomic mass is 9.97. The van der Waals surface area contributed by atoms with Crippen LogP contribution in [-0.4, -0.2) is 48.2 Å². The molecule has 0 saturated carbocycles. The van der Waals surface area contributed by atoms with E-state index >= 15 is 0 Å². The van der Waals surface area contributed by atoms with Gasteiger partial charge in [0.05, 0.1) is 5.92 Å². The van der Waals surface area contributed by atoms with Gasteiger partial charge in [0.25, 0.3) is 5.91 Å². The first-order valence-electron chi connectivity index (χ1n) is 10.6. The minimum atomic E-state index is -0.547. The Labute approximate surface area is 179 Å². The number of nitrogens with zero attached hydrogens (tertiary/aromatic N) is 1. The van der Waals surface area contributed by atoms with Crippen LogP contribution in [-0.2, 0) is 19.1 Å².